The fourth-order valence-electron chi connectivity index (χ4n) is 1.56. The fourth-order valence-corrected chi connectivity index (χ4v) is 1.56. The normalized spacial score (nSPS) is 13.4. The number of aromatic nitrogens is 2. The van der Waals surface area contributed by atoms with Crippen LogP contribution in [0.1, 0.15) is 18.3 Å². The minimum atomic E-state index is -4.50. The number of carbonyl (C=O) groups is 1. The molecular formula is C11H16F3N3O2. The van der Waals surface area contributed by atoms with Gasteiger partial charge in [-0.2, -0.15) is 18.3 Å². The third-order valence-electron chi connectivity index (χ3n) is 2.39. The molecule has 0 unspecified atom stereocenters. The molecule has 0 spiro atoms. The molecule has 5 nitrogen and oxygen atoms in total. The highest BCUT2D eigenvalue weighted by atomic mass is 19.4. The molecule has 1 heterocycles. The average Bonchev–Trinajstić information content (AvgIpc) is 2.60. The first kappa shape index (κ1) is 15.5. The van der Waals surface area contributed by atoms with E-state index >= 15 is 0 Å². The van der Waals surface area contributed by atoms with Gasteiger partial charge in [-0.3, -0.25) is 9.48 Å². The first-order valence-electron chi connectivity index (χ1n) is 5.64. The minimum Gasteiger partial charge on any atom is -0.383 e. The standard InChI is InChI=1S/C11H16F3N3O2/c1-7(6-19-3)15-10(18)5-17-8(2)4-9(16-17)11(12,13)14/h4,7H,5-6H2,1-3H3,(H,15,18)/t7-/m1/s1. The van der Waals surface area contributed by atoms with E-state index in [0.29, 0.717) is 6.61 Å². The zero-order valence-electron chi connectivity index (χ0n) is 10.9. The van der Waals surface area contributed by atoms with Crippen LogP contribution in [0, 0.1) is 6.92 Å². The van der Waals surface area contributed by atoms with Gasteiger partial charge in [0.1, 0.15) is 6.54 Å². The highest BCUT2D eigenvalue weighted by molar-refractivity contribution is 5.76. The Balaban J connectivity index is 2.67. The average molecular weight is 279 g/mol. The number of nitrogens with zero attached hydrogens (tertiary/aromatic N) is 2. The van der Waals surface area contributed by atoms with Crippen molar-refractivity contribution in [3.8, 4) is 0 Å². The van der Waals surface area contributed by atoms with Crippen LogP contribution in [0.5, 0.6) is 0 Å². The summed E-state index contributed by atoms with van der Waals surface area (Å²) in [5.41, 5.74) is -0.718. The Kier molecular flexibility index (Phi) is 4.93. The van der Waals surface area contributed by atoms with E-state index in [4.69, 9.17) is 4.74 Å². The lowest BCUT2D eigenvalue weighted by Crippen LogP contribution is -2.38. The Morgan fingerprint density at radius 2 is 2.21 bits per heavy atom. The molecule has 1 amide bonds. The van der Waals surface area contributed by atoms with Crippen LogP contribution in [0.3, 0.4) is 0 Å². The molecule has 0 aliphatic rings. The van der Waals surface area contributed by atoms with Gasteiger partial charge in [0.2, 0.25) is 5.91 Å². The molecule has 0 aromatic carbocycles. The van der Waals surface area contributed by atoms with Gasteiger partial charge in [-0.15, -0.1) is 0 Å². The van der Waals surface area contributed by atoms with Crippen molar-refractivity contribution >= 4 is 5.91 Å². The Morgan fingerprint density at radius 3 is 2.68 bits per heavy atom. The van der Waals surface area contributed by atoms with E-state index in [1.54, 1.807) is 6.92 Å². The van der Waals surface area contributed by atoms with Crippen LogP contribution in [0.4, 0.5) is 13.2 Å². The summed E-state index contributed by atoms with van der Waals surface area (Å²) < 4.78 is 43.2. The zero-order valence-corrected chi connectivity index (χ0v) is 10.9. The maximum atomic E-state index is 12.4. The highest BCUT2D eigenvalue weighted by Crippen LogP contribution is 2.28. The Bertz CT molecular complexity index is 443. The van der Waals surface area contributed by atoms with Gasteiger partial charge in [-0.1, -0.05) is 0 Å². The second-order valence-corrected chi connectivity index (χ2v) is 4.25. The molecule has 0 fully saturated rings. The van der Waals surface area contributed by atoms with Crippen molar-refractivity contribution < 1.29 is 22.7 Å². The summed E-state index contributed by atoms with van der Waals surface area (Å²) in [4.78, 5) is 11.6. The molecule has 1 atom stereocenters. The molecule has 1 aromatic rings. The Labute approximate surface area is 108 Å². The fraction of sp³-hybridized carbons (Fsp3) is 0.636. The molecule has 0 aliphatic carbocycles. The molecule has 0 bridgehead atoms. The first-order valence-corrected chi connectivity index (χ1v) is 5.64. The molecule has 0 radical (unpaired) electrons. The van der Waals surface area contributed by atoms with Crippen LogP contribution in [-0.2, 0) is 22.3 Å². The molecule has 8 heteroatoms. The van der Waals surface area contributed by atoms with Crippen molar-refractivity contribution in [2.45, 2.75) is 32.6 Å². The maximum absolute atomic E-state index is 12.4. The molecule has 0 saturated heterocycles. The van der Waals surface area contributed by atoms with E-state index in [2.05, 4.69) is 10.4 Å². The van der Waals surface area contributed by atoms with E-state index in [-0.39, 0.29) is 18.3 Å². The number of amides is 1. The third kappa shape index (κ3) is 4.55. The molecule has 1 aromatic heterocycles. The number of hydrogen-bond donors (Lipinski definition) is 1. The minimum absolute atomic E-state index is 0.213. The van der Waals surface area contributed by atoms with Gasteiger partial charge in [0.05, 0.1) is 6.61 Å². The van der Waals surface area contributed by atoms with E-state index in [9.17, 15) is 18.0 Å². The van der Waals surface area contributed by atoms with Gasteiger partial charge in [0.25, 0.3) is 0 Å². The summed E-state index contributed by atoms with van der Waals surface area (Å²) in [5.74, 6) is -0.413. The first-order chi connectivity index (χ1) is 8.74. The summed E-state index contributed by atoms with van der Waals surface area (Å²) >= 11 is 0. The lowest BCUT2D eigenvalue weighted by molar-refractivity contribution is -0.141. The van der Waals surface area contributed by atoms with Gasteiger partial charge in [0.15, 0.2) is 5.69 Å². The van der Waals surface area contributed by atoms with Crippen LogP contribution in [-0.4, -0.2) is 35.4 Å². The van der Waals surface area contributed by atoms with Gasteiger partial charge >= 0.3 is 6.18 Å². The van der Waals surface area contributed by atoms with Crippen molar-refractivity contribution in [2.75, 3.05) is 13.7 Å². The van der Waals surface area contributed by atoms with Crippen LogP contribution in [0.15, 0.2) is 6.07 Å². The van der Waals surface area contributed by atoms with Gasteiger partial charge in [0, 0.05) is 18.8 Å². The zero-order chi connectivity index (χ0) is 14.6. The summed E-state index contributed by atoms with van der Waals surface area (Å²) in [6.45, 7) is 3.28. The second-order valence-electron chi connectivity index (χ2n) is 4.25. The van der Waals surface area contributed by atoms with Gasteiger partial charge < -0.3 is 10.1 Å². The number of halogens is 3. The Morgan fingerprint density at radius 1 is 1.58 bits per heavy atom. The van der Waals surface area contributed by atoms with Gasteiger partial charge in [-0.05, 0) is 19.9 Å². The second kappa shape index (κ2) is 6.05. The quantitative estimate of drug-likeness (QED) is 0.885. The third-order valence-corrected chi connectivity index (χ3v) is 2.39. The van der Waals surface area contributed by atoms with Crippen LogP contribution >= 0.6 is 0 Å². The predicted molar refractivity (Wildman–Crippen MR) is 61.4 cm³/mol. The van der Waals surface area contributed by atoms with E-state index in [0.717, 1.165) is 10.7 Å². The largest absolute Gasteiger partial charge is 0.435 e. The molecule has 108 valence electrons. The molecule has 19 heavy (non-hydrogen) atoms. The monoisotopic (exact) mass is 279 g/mol. The highest BCUT2D eigenvalue weighted by Gasteiger charge is 2.34. The lowest BCUT2D eigenvalue weighted by atomic mass is 10.3. The number of hydrogen-bond acceptors (Lipinski definition) is 3. The Hall–Kier alpha value is -1.57. The molecule has 1 N–H and O–H groups in total. The number of alkyl halides is 3. The van der Waals surface area contributed by atoms with E-state index in [1.807, 2.05) is 0 Å². The smallest absolute Gasteiger partial charge is 0.383 e. The van der Waals surface area contributed by atoms with Crippen molar-refractivity contribution in [2.24, 2.45) is 0 Å². The SMILES string of the molecule is COC[C@@H](C)NC(=O)Cn1nc(C(F)(F)F)cc1C. The predicted octanol–water partition coefficient (Wildman–Crippen LogP) is 1.36. The summed E-state index contributed by atoms with van der Waals surface area (Å²) in [6.07, 6.45) is -4.50. The topological polar surface area (TPSA) is 56.1 Å². The van der Waals surface area contributed by atoms with E-state index in [1.165, 1.54) is 14.0 Å². The number of rotatable bonds is 5. The molecular weight excluding hydrogens is 263 g/mol. The van der Waals surface area contributed by atoms with Crippen LogP contribution < -0.4 is 5.32 Å². The van der Waals surface area contributed by atoms with Crippen molar-refractivity contribution in [3.63, 3.8) is 0 Å². The lowest BCUT2D eigenvalue weighted by Gasteiger charge is -2.13. The van der Waals surface area contributed by atoms with Crippen molar-refractivity contribution in [1.82, 2.24) is 15.1 Å². The van der Waals surface area contributed by atoms with Crippen molar-refractivity contribution in [3.05, 3.63) is 17.5 Å². The molecule has 0 saturated carbocycles. The summed E-state index contributed by atoms with van der Waals surface area (Å²) in [7, 11) is 1.50. The number of aryl methyl sites for hydroxylation is 1. The summed E-state index contributed by atoms with van der Waals surface area (Å²) in [6, 6.07) is 0.696. The number of methoxy groups -OCH3 is 1. The number of nitrogens with one attached hydrogen (secondary N) is 1. The molecule has 1 rings (SSSR count). The maximum Gasteiger partial charge on any atom is 0.435 e. The van der Waals surface area contributed by atoms with E-state index < -0.39 is 17.8 Å². The van der Waals surface area contributed by atoms with Crippen LogP contribution in [0.25, 0.3) is 0 Å². The number of ether oxygens (including phenoxy) is 1. The number of carbonyl (C=O) groups excluding carboxylic acids is 1. The van der Waals surface area contributed by atoms with Gasteiger partial charge in [-0.25, -0.2) is 0 Å². The van der Waals surface area contributed by atoms with Crippen molar-refractivity contribution in [1.29, 1.82) is 0 Å². The van der Waals surface area contributed by atoms with Crippen LogP contribution in [0.2, 0.25) is 0 Å². The summed E-state index contributed by atoms with van der Waals surface area (Å²) in [5, 5.41) is 5.97. The molecule has 0 aliphatic heterocycles.